The fraction of sp³-hybridized carbons (Fsp3) is 0.444. The first-order chi connectivity index (χ1) is 11.9. The van der Waals surface area contributed by atoms with Crippen LogP contribution in [0.5, 0.6) is 11.5 Å². The molecule has 1 aliphatic carbocycles. The number of nitrogens with zero attached hydrogens (tertiary/aromatic N) is 2. The zero-order valence-corrected chi connectivity index (χ0v) is 16.7. The maximum atomic E-state index is 13.0. The Balaban J connectivity index is 1.95. The van der Waals surface area contributed by atoms with Crippen molar-refractivity contribution in [1.82, 2.24) is 9.80 Å². The summed E-state index contributed by atoms with van der Waals surface area (Å²) in [5.74, 6) is 0.343. The maximum Gasteiger partial charge on any atom is 0.277 e. The van der Waals surface area contributed by atoms with Gasteiger partial charge in [0.05, 0.1) is 7.11 Å². The monoisotopic (exact) mass is 424 g/mol. The van der Waals surface area contributed by atoms with Crippen LogP contribution >= 0.6 is 28.1 Å². The molecule has 1 saturated heterocycles. The normalized spacial score (nSPS) is 20.7. The summed E-state index contributed by atoms with van der Waals surface area (Å²) in [4.78, 5) is 16.5. The number of halogens is 1. The molecule has 1 N–H and O–H groups in total. The smallest absolute Gasteiger partial charge is 0.277 e. The van der Waals surface area contributed by atoms with E-state index in [1.165, 1.54) is 13.5 Å². The average Bonchev–Trinajstić information content (AvgIpc) is 2.81. The number of rotatable bonds is 3. The van der Waals surface area contributed by atoms with E-state index in [4.69, 9.17) is 17.0 Å². The van der Waals surface area contributed by atoms with E-state index >= 15 is 0 Å². The third-order valence-corrected chi connectivity index (χ3v) is 5.98. The molecule has 1 saturated carbocycles. The van der Waals surface area contributed by atoms with E-state index in [0.29, 0.717) is 21.0 Å². The highest BCUT2D eigenvalue weighted by atomic mass is 79.9. The Labute approximate surface area is 161 Å². The van der Waals surface area contributed by atoms with E-state index in [9.17, 15) is 9.90 Å². The van der Waals surface area contributed by atoms with Crippen molar-refractivity contribution in [3.05, 3.63) is 27.9 Å². The maximum absolute atomic E-state index is 13.0. The Morgan fingerprint density at radius 2 is 2.00 bits per heavy atom. The van der Waals surface area contributed by atoms with Crippen LogP contribution in [0, 0.1) is 0 Å². The summed E-state index contributed by atoms with van der Waals surface area (Å²) in [5.41, 5.74) is 1.28. The number of methoxy groups -OCH3 is 1. The van der Waals surface area contributed by atoms with Gasteiger partial charge in [0, 0.05) is 17.6 Å². The first-order valence-electron chi connectivity index (χ1n) is 8.33. The second-order valence-corrected chi connectivity index (χ2v) is 7.60. The lowest BCUT2D eigenvalue weighted by atomic mass is 9.94. The minimum Gasteiger partial charge on any atom is -0.504 e. The van der Waals surface area contributed by atoms with Crippen LogP contribution in [-0.2, 0) is 4.79 Å². The van der Waals surface area contributed by atoms with Gasteiger partial charge in [-0.15, -0.1) is 0 Å². The van der Waals surface area contributed by atoms with Crippen LogP contribution in [0.25, 0.3) is 6.08 Å². The molecule has 0 aromatic heterocycles. The van der Waals surface area contributed by atoms with Crippen molar-refractivity contribution in [2.45, 2.75) is 38.1 Å². The Kier molecular flexibility index (Phi) is 5.34. The highest BCUT2D eigenvalue weighted by Crippen LogP contribution is 2.35. The molecular formula is C18H21BrN2O3S. The predicted octanol–water partition coefficient (Wildman–Crippen LogP) is 3.90. The number of phenolic OH excluding ortho intramolecular Hbond substituents is 1. The molecule has 134 valence electrons. The number of aromatic hydroxyl groups is 1. The van der Waals surface area contributed by atoms with Crippen molar-refractivity contribution in [1.29, 1.82) is 0 Å². The molecule has 5 nitrogen and oxygen atoms in total. The molecule has 1 heterocycles. The van der Waals surface area contributed by atoms with Crippen LogP contribution in [0.15, 0.2) is 22.3 Å². The Hall–Kier alpha value is -1.60. The largest absolute Gasteiger partial charge is 0.504 e. The number of hydrogen-bond acceptors (Lipinski definition) is 4. The summed E-state index contributed by atoms with van der Waals surface area (Å²) in [6.45, 7) is 0. The zero-order chi connectivity index (χ0) is 18.1. The quantitative estimate of drug-likeness (QED) is 0.588. The van der Waals surface area contributed by atoms with Crippen LogP contribution < -0.4 is 4.74 Å². The Morgan fingerprint density at radius 1 is 1.32 bits per heavy atom. The number of hydrogen-bond donors (Lipinski definition) is 1. The van der Waals surface area contributed by atoms with Gasteiger partial charge in [-0.05, 0) is 48.8 Å². The Bertz CT molecular complexity index is 744. The van der Waals surface area contributed by atoms with Gasteiger partial charge in [0.25, 0.3) is 5.91 Å². The SMILES string of the molecule is COc1cc(/C=C2/C(=O)N(C3CCCCC3)C(=S)N2C)c(Br)cc1O. The van der Waals surface area contributed by atoms with Gasteiger partial charge in [-0.2, -0.15) is 0 Å². The summed E-state index contributed by atoms with van der Waals surface area (Å²) in [6, 6.07) is 3.45. The van der Waals surface area contributed by atoms with Crippen molar-refractivity contribution in [3.63, 3.8) is 0 Å². The van der Waals surface area contributed by atoms with Crippen LogP contribution in [0.1, 0.15) is 37.7 Å². The molecule has 2 fully saturated rings. The van der Waals surface area contributed by atoms with Gasteiger partial charge < -0.3 is 14.7 Å². The van der Waals surface area contributed by atoms with Crippen LogP contribution in [0.2, 0.25) is 0 Å². The standard InChI is InChI=1S/C18H21BrN2O3S/c1-20-14(8-11-9-16(24-2)15(22)10-13(11)19)17(23)21(18(20)25)12-6-4-3-5-7-12/h8-10,12,22H,3-7H2,1-2H3/b14-8-. The molecule has 1 aliphatic heterocycles. The molecular weight excluding hydrogens is 404 g/mol. The predicted molar refractivity (Wildman–Crippen MR) is 104 cm³/mol. The zero-order valence-electron chi connectivity index (χ0n) is 14.3. The number of benzene rings is 1. The lowest BCUT2D eigenvalue weighted by Gasteiger charge is -2.30. The minimum absolute atomic E-state index is 0.0435. The lowest BCUT2D eigenvalue weighted by Crippen LogP contribution is -2.41. The van der Waals surface area contributed by atoms with E-state index < -0.39 is 0 Å². The molecule has 3 rings (SSSR count). The summed E-state index contributed by atoms with van der Waals surface area (Å²) < 4.78 is 5.84. The van der Waals surface area contributed by atoms with Crippen LogP contribution in [-0.4, -0.2) is 46.1 Å². The van der Waals surface area contributed by atoms with Gasteiger partial charge in [-0.25, -0.2) is 0 Å². The van der Waals surface area contributed by atoms with Gasteiger partial charge in [0.1, 0.15) is 5.70 Å². The molecule has 0 unspecified atom stereocenters. The minimum atomic E-state index is -0.0571. The number of carbonyl (C=O) groups excluding carboxylic acids is 1. The van der Waals surface area contributed by atoms with Gasteiger partial charge in [-0.1, -0.05) is 35.2 Å². The lowest BCUT2D eigenvalue weighted by molar-refractivity contribution is -0.124. The summed E-state index contributed by atoms with van der Waals surface area (Å²) in [5, 5.41) is 10.4. The molecule has 7 heteroatoms. The molecule has 0 bridgehead atoms. The number of amides is 1. The first-order valence-corrected chi connectivity index (χ1v) is 9.53. The van der Waals surface area contributed by atoms with E-state index in [1.54, 1.807) is 28.0 Å². The van der Waals surface area contributed by atoms with Gasteiger partial charge in [-0.3, -0.25) is 9.69 Å². The number of ether oxygens (including phenoxy) is 1. The van der Waals surface area contributed by atoms with Gasteiger partial charge >= 0.3 is 0 Å². The number of phenols is 1. The number of thiocarbonyl (C=S) groups is 1. The van der Waals surface area contributed by atoms with Gasteiger partial charge in [0.15, 0.2) is 16.6 Å². The topological polar surface area (TPSA) is 53.0 Å². The third-order valence-electron chi connectivity index (χ3n) is 4.82. The molecule has 0 atom stereocenters. The molecule has 25 heavy (non-hydrogen) atoms. The number of carbonyl (C=O) groups is 1. The number of likely N-dealkylation sites (N-methyl/N-ethyl adjacent to an activating group) is 1. The molecule has 1 amide bonds. The fourth-order valence-corrected chi connectivity index (χ4v) is 4.19. The molecule has 2 aliphatic rings. The second-order valence-electron chi connectivity index (χ2n) is 6.38. The van der Waals surface area contributed by atoms with Crippen molar-refractivity contribution in [3.8, 4) is 11.5 Å². The van der Waals surface area contributed by atoms with Crippen molar-refractivity contribution in [2.24, 2.45) is 0 Å². The molecule has 0 spiro atoms. The highest BCUT2D eigenvalue weighted by molar-refractivity contribution is 9.10. The van der Waals surface area contributed by atoms with Crippen molar-refractivity contribution < 1.29 is 14.6 Å². The van der Waals surface area contributed by atoms with Crippen LogP contribution in [0.3, 0.4) is 0 Å². The van der Waals surface area contributed by atoms with Gasteiger partial charge in [0.2, 0.25) is 0 Å². The highest BCUT2D eigenvalue weighted by Gasteiger charge is 2.40. The van der Waals surface area contributed by atoms with E-state index in [2.05, 4.69) is 15.9 Å². The third kappa shape index (κ3) is 3.40. The van der Waals surface area contributed by atoms with Crippen molar-refractivity contribution >= 4 is 45.2 Å². The average molecular weight is 425 g/mol. The molecule has 0 radical (unpaired) electrons. The van der Waals surface area contributed by atoms with E-state index in [0.717, 1.165) is 31.2 Å². The first kappa shape index (κ1) is 18.2. The van der Waals surface area contributed by atoms with E-state index in [1.807, 2.05) is 7.05 Å². The van der Waals surface area contributed by atoms with Crippen LogP contribution in [0.4, 0.5) is 0 Å². The molecule has 1 aromatic carbocycles. The summed E-state index contributed by atoms with van der Waals surface area (Å²) in [7, 11) is 3.31. The summed E-state index contributed by atoms with van der Waals surface area (Å²) in [6.07, 6.45) is 7.29. The van der Waals surface area contributed by atoms with Crippen molar-refractivity contribution in [2.75, 3.05) is 14.2 Å². The summed E-state index contributed by atoms with van der Waals surface area (Å²) >= 11 is 8.96. The van der Waals surface area contributed by atoms with E-state index in [-0.39, 0.29) is 17.7 Å². The fourth-order valence-electron chi connectivity index (χ4n) is 3.42. The Morgan fingerprint density at radius 3 is 2.64 bits per heavy atom. The molecule has 1 aromatic rings. The second kappa shape index (κ2) is 7.33.